The second kappa shape index (κ2) is 4.73. The standard InChI is InChI=1S/C9H14N4O3/c1-4(2)10-6(14)5(3)11-9-12-7(15)8(16)13-9/h4-5H,1-3H3,(H,10,14)(H2,11,12,13,15,16). The van der Waals surface area contributed by atoms with Gasteiger partial charge in [0.25, 0.3) is 0 Å². The smallest absolute Gasteiger partial charge is 0.316 e. The van der Waals surface area contributed by atoms with Crippen molar-refractivity contribution in [3.05, 3.63) is 0 Å². The molecular weight excluding hydrogens is 212 g/mol. The molecule has 0 radical (unpaired) electrons. The molecule has 0 aromatic rings. The molecule has 7 nitrogen and oxygen atoms in total. The molecule has 0 bridgehead atoms. The van der Waals surface area contributed by atoms with E-state index in [-0.39, 0.29) is 17.9 Å². The molecule has 1 saturated heterocycles. The van der Waals surface area contributed by atoms with E-state index in [1.807, 2.05) is 13.8 Å². The van der Waals surface area contributed by atoms with Crippen LogP contribution in [0.3, 0.4) is 0 Å². The van der Waals surface area contributed by atoms with Gasteiger partial charge in [0.05, 0.1) is 0 Å². The number of guanidine groups is 1. The number of nitrogens with one attached hydrogen (secondary N) is 3. The van der Waals surface area contributed by atoms with Gasteiger partial charge in [0.2, 0.25) is 11.9 Å². The first-order valence-corrected chi connectivity index (χ1v) is 4.90. The Morgan fingerprint density at radius 1 is 1.19 bits per heavy atom. The van der Waals surface area contributed by atoms with Crippen molar-refractivity contribution in [1.82, 2.24) is 16.0 Å². The van der Waals surface area contributed by atoms with Crippen molar-refractivity contribution in [1.29, 1.82) is 0 Å². The minimum absolute atomic E-state index is 0.0152. The number of hydrogen-bond donors (Lipinski definition) is 3. The summed E-state index contributed by atoms with van der Waals surface area (Å²) in [5, 5.41) is 7.09. The molecule has 0 spiro atoms. The molecule has 3 N–H and O–H groups in total. The zero-order chi connectivity index (χ0) is 12.3. The van der Waals surface area contributed by atoms with Gasteiger partial charge in [-0.3, -0.25) is 25.0 Å². The third kappa shape index (κ3) is 3.04. The SMILES string of the molecule is CC(C)NC(=O)C(C)N=C1NC(=O)C(=O)N1. The van der Waals surface area contributed by atoms with Crippen LogP contribution in [0.5, 0.6) is 0 Å². The first kappa shape index (κ1) is 12.2. The molecule has 0 aromatic heterocycles. The molecule has 3 amide bonds. The summed E-state index contributed by atoms with van der Waals surface area (Å²) >= 11 is 0. The Morgan fingerprint density at radius 2 is 1.69 bits per heavy atom. The van der Waals surface area contributed by atoms with Gasteiger partial charge in [0.1, 0.15) is 6.04 Å². The van der Waals surface area contributed by atoms with Crippen LogP contribution in [0.1, 0.15) is 20.8 Å². The van der Waals surface area contributed by atoms with Gasteiger partial charge in [0, 0.05) is 6.04 Å². The van der Waals surface area contributed by atoms with Crippen molar-refractivity contribution in [2.24, 2.45) is 4.99 Å². The Balaban J connectivity index is 2.60. The zero-order valence-electron chi connectivity index (χ0n) is 9.33. The van der Waals surface area contributed by atoms with E-state index >= 15 is 0 Å². The quantitative estimate of drug-likeness (QED) is 0.511. The highest BCUT2D eigenvalue weighted by Crippen LogP contribution is 1.93. The largest absolute Gasteiger partial charge is 0.352 e. The normalized spacial score (nSPS) is 16.9. The highest BCUT2D eigenvalue weighted by atomic mass is 16.2. The first-order chi connectivity index (χ1) is 7.40. The lowest BCUT2D eigenvalue weighted by atomic mass is 10.3. The van der Waals surface area contributed by atoms with Crippen LogP contribution in [0.25, 0.3) is 0 Å². The fraction of sp³-hybridized carbons (Fsp3) is 0.556. The highest BCUT2D eigenvalue weighted by Gasteiger charge is 2.26. The Labute approximate surface area is 92.7 Å². The van der Waals surface area contributed by atoms with E-state index < -0.39 is 17.9 Å². The number of amides is 3. The summed E-state index contributed by atoms with van der Waals surface area (Å²) < 4.78 is 0. The van der Waals surface area contributed by atoms with Gasteiger partial charge in [-0.1, -0.05) is 0 Å². The van der Waals surface area contributed by atoms with Crippen LogP contribution in [-0.4, -0.2) is 35.8 Å². The van der Waals surface area contributed by atoms with Crippen molar-refractivity contribution in [2.45, 2.75) is 32.9 Å². The predicted octanol–water partition coefficient (Wildman–Crippen LogP) is -1.50. The van der Waals surface area contributed by atoms with Crippen LogP contribution >= 0.6 is 0 Å². The maximum Gasteiger partial charge on any atom is 0.316 e. The van der Waals surface area contributed by atoms with Gasteiger partial charge < -0.3 is 5.32 Å². The van der Waals surface area contributed by atoms with Crippen LogP contribution in [0.4, 0.5) is 0 Å². The molecule has 1 aliphatic heterocycles. The zero-order valence-corrected chi connectivity index (χ0v) is 9.33. The van der Waals surface area contributed by atoms with E-state index in [2.05, 4.69) is 20.9 Å². The van der Waals surface area contributed by atoms with Gasteiger partial charge in [0.15, 0.2) is 0 Å². The van der Waals surface area contributed by atoms with E-state index in [0.717, 1.165) is 0 Å². The van der Waals surface area contributed by atoms with E-state index in [9.17, 15) is 14.4 Å². The van der Waals surface area contributed by atoms with E-state index in [1.165, 1.54) is 0 Å². The number of carbonyl (C=O) groups excluding carboxylic acids is 3. The monoisotopic (exact) mass is 226 g/mol. The molecule has 1 aliphatic rings. The minimum atomic E-state index is -0.768. The van der Waals surface area contributed by atoms with Gasteiger partial charge in [-0.25, -0.2) is 4.99 Å². The number of carbonyl (C=O) groups is 3. The van der Waals surface area contributed by atoms with E-state index in [1.54, 1.807) is 6.92 Å². The average molecular weight is 226 g/mol. The molecule has 1 heterocycles. The summed E-state index contributed by atoms with van der Waals surface area (Å²) in [4.78, 5) is 36.9. The van der Waals surface area contributed by atoms with Crippen molar-refractivity contribution < 1.29 is 14.4 Å². The first-order valence-electron chi connectivity index (χ1n) is 4.90. The summed E-state index contributed by atoms with van der Waals surface area (Å²) in [6, 6.07) is -0.654. The lowest BCUT2D eigenvalue weighted by Crippen LogP contribution is -2.38. The number of hydrogen-bond acceptors (Lipinski definition) is 4. The van der Waals surface area contributed by atoms with Crippen molar-refractivity contribution in [3.63, 3.8) is 0 Å². The number of rotatable bonds is 3. The molecule has 0 aromatic carbocycles. The lowest BCUT2D eigenvalue weighted by molar-refractivity contribution is -0.135. The van der Waals surface area contributed by atoms with Gasteiger partial charge in [-0.05, 0) is 20.8 Å². The third-order valence-corrected chi connectivity index (χ3v) is 1.80. The molecule has 0 saturated carbocycles. The number of aliphatic imine (C=N–C) groups is 1. The molecular formula is C9H14N4O3. The average Bonchev–Trinajstić information content (AvgIpc) is 2.44. The molecule has 1 atom stereocenters. The van der Waals surface area contributed by atoms with Gasteiger partial charge in [-0.15, -0.1) is 0 Å². The van der Waals surface area contributed by atoms with Crippen LogP contribution in [0.15, 0.2) is 4.99 Å². The Kier molecular flexibility index (Phi) is 3.60. The maximum atomic E-state index is 11.5. The second-order valence-corrected chi connectivity index (χ2v) is 3.73. The summed E-state index contributed by atoms with van der Waals surface area (Å²) in [6.45, 7) is 5.23. The fourth-order valence-electron chi connectivity index (χ4n) is 1.08. The molecule has 16 heavy (non-hydrogen) atoms. The Hall–Kier alpha value is -1.92. The predicted molar refractivity (Wildman–Crippen MR) is 56.5 cm³/mol. The highest BCUT2D eigenvalue weighted by molar-refractivity contribution is 6.45. The van der Waals surface area contributed by atoms with Crippen LogP contribution in [0.2, 0.25) is 0 Å². The molecule has 7 heteroatoms. The minimum Gasteiger partial charge on any atom is -0.352 e. The van der Waals surface area contributed by atoms with Gasteiger partial charge in [-0.2, -0.15) is 0 Å². The topological polar surface area (TPSA) is 99.7 Å². The second-order valence-electron chi connectivity index (χ2n) is 3.73. The molecule has 1 fully saturated rings. The van der Waals surface area contributed by atoms with Crippen LogP contribution < -0.4 is 16.0 Å². The Morgan fingerprint density at radius 3 is 2.12 bits per heavy atom. The molecule has 1 rings (SSSR count). The molecule has 0 aliphatic carbocycles. The lowest BCUT2D eigenvalue weighted by Gasteiger charge is -2.11. The number of nitrogens with zero attached hydrogens (tertiary/aromatic N) is 1. The fourth-order valence-corrected chi connectivity index (χ4v) is 1.08. The van der Waals surface area contributed by atoms with E-state index in [0.29, 0.717) is 0 Å². The van der Waals surface area contributed by atoms with Gasteiger partial charge >= 0.3 is 11.8 Å². The maximum absolute atomic E-state index is 11.5. The van der Waals surface area contributed by atoms with E-state index in [4.69, 9.17) is 0 Å². The summed E-state index contributed by atoms with van der Waals surface area (Å²) in [7, 11) is 0. The van der Waals surface area contributed by atoms with Crippen LogP contribution in [-0.2, 0) is 14.4 Å². The van der Waals surface area contributed by atoms with Crippen molar-refractivity contribution >= 4 is 23.7 Å². The Bertz CT molecular complexity index is 344. The molecule has 88 valence electrons. The van der Waals surface area contributed by atoms with Crippen LogP contribution in [0, 0.1) is 0 Å². The summed E-state index contributed by atoms with van der Waals surface area (Å²) in [5.41, 5.74) is 0. The summed E-state index contributed by atoms with van der Waals surface area (Å²) in [6.07, 6.45) is 0. The van der Waals surface area contributed by atoms with Crippen molar-refractivity contribution in [2.75, 3.05) is 0 Å². The summed E-state index contributed by atoms with van der Waals surface area (Å²) in [5.74, 6) is -1.79. The molecule has 1 unspecified atom stereocenters. The van der Waals surface area contributed by atoms with Crippen molar-refractivity contribution in [3.8, 4) is 0 Å². The third-order valence-electron chi connectivity index (χ3n) is 1.80.